The standard InChI is InChI=1S/C28H25N3O4/c32-24-12-10-20(11-13-24)22-3-1-4-23(15-22)28(34)31-14-2-5-25(31)27(33)30-16-19-6-8-21(9-7-19)26-17-29-18-35-26/h1,3-4,6-13,15,17-18,25,32H,2,5,14,16H2,(H,30,33)/t25-/m0/s1. The van der Waals surface area contributed by atoms with Crippen LogP contribution in [-0.2, 0) is 11.3 Å². The van der Waals surface area contributed by atoms with Gasteiger partial charge in [-0.05, 0) is 53.8 Å². The maximum absolute atomic E-state index is 13.3. The highest BCUT2D eigenvalue weighted by molar-refractivity contribution is 5.98. The first-order valence-electron chi connectivity index (χ1n) is 11.5. The van der Waals surface area contributed by atoms with E-state index >= 15 is 0 Å². The topological polar surface area (TPSA) is 95.7 Å². The van der Waals surface area contributed by atoms with E-state index in [1.165, 1.54) is 6.39 Å². The zero-order valence-corrected chi connectivity index (χ0v) is 19.1. The fourth-order valence-corrected chi connectivity index (χ4v) is 4.39. The normalized spacial score (nSPS) is 15.2. The van der Waals surface area contributed by atoms with E-state index in [1.807, 2.05) is 54.6 Å². The van der Waals surface area contributed by atoms with Crippen LogP contribution in [0.4, 0.5) is 0 Å². The number of phenolic OH excluding ortho intramolecular Hbond substituents is 1. The van der Waals surface area contributed by atoms with Gasteiger partial charge in [0.2, 0.25) is 5.91 Å². The van der Waals surface area contributed by atoms with Crippen molar-refractivity contribution in [1.82, 2.24) is 15.2 Å². The molecule has 0 radical (unpaired) electrons. The Hall–Kier alpha value is -4.39. The summed E-state index contributed by atoms with van der Waals surface area (Å²) in [6.07, 6.45) is 4.47. The maximum atomic E-state index is 13.3. The van der Waals surface area contributed by atoms with Gasteiger partial charge in [-0.3, -0.25) is 9.59 Å². The number of hydrogen-bond donors (Lipinski definition) is 2. The van der Waals surface area contributed by atoms with Crippen molar-refractivity contribution in [3.8, 4) is 28.2 Å². The molecule has 0 aliphatic carbocycles. The Morgan fingerprint density at radius 2 is 1.77 bits per heavy atom. The summed E-state index contributed by atoms with van der Waals surface area (Å²) in [4.78, 5) is 31.9. The number of likely N-dealkylation sites (tertiary alicyclic amines) is 1. The lowest BCUT2D eigenvalue weighted by molar-refractivity contribution is -0.125. The van der Waals surface area contributed by atoms with Crippen molar-refractivity contribution < 1.29 is 19.1 Å². The zero-order chi connectivity index (χ0) is 24.2. The summed E-state index contributed by atoms with van der Waals surface area (Å²) >= 11 is 0. The minimum absolute atomic E-state index is 0.148. The highest BCUT2D eigenvalue weighted by Crippen LogP contribution is 2.26. The Labute approximate surface area is 203 Å². The summed E-state index contributed by atoms with van der Waals surface area (Å²) in [5, 5.41) is 12.5. The smallest absolute Gasteiger partial charge is 0.254 e. The molecule has 35 heavy (non-hydrogen) atoms. The summed E-state index contributed by atoms with van der Waals surface area (Å²) in [7, 11) is 0. The number of phenols is 1. The molecule has 2 N–H and O–H groups in total. The number of rotatable bonds is 6. The number of carbonyl (C=O) groups is 2. The fourth-order valence-electron chi connectivity index (χ4n) is 4.39. The van der Waals surface area contributed by atoms with Crippen LogP contribution in [-0.4, -0.2) is 39.4 Å². The largest absolute Gasteiger partial charge is 0.508 e. The molecule has 1 saturated heterocycles. The molecule has 0 unspecified atom stereocenters. The molecule has 1 atom stereocenters. The van der Waals surface area contributed by atoms with E-state index in [2.05, 4.69) is 10.3 Å². The minimum Gasteiger partial charge on any atom is -0.508 e. The van der Waals surface area contributed by atoms with E-state index in [4.69, 9.17) is 4.42 Å². The number of nitrogens with zero attached hydrogens (tertiary/aromatic N) is 2. The van der Waals surface area contributed by atoms with Crippen LogP contribution < -0.4 is 5.32 Å². The minimum atomic E-state index is -0.492. The summed E-state index contributed by atoms with van der Waals surface area (Å²) in [6, 6.07) is 21.4. The number of carbonyl (C=O) groups excluding carboxylic acids is 2. The van der Waals surface area contributed by atoms with Crippen molar-refractivity contribution in [3.63, 3.8) is 0 Å². The van der Waals surface area contributed by atoms with Crippen LogP contribution in [0.2, 0.25) is 0 Å². The molecule has 4 aromatic rings. The van der Waals surface area contributed by atoms with E-state index in [9.17, 15) is 14.7 Å². The molecule has 176 valence electrons. The van der Waals surface area contributed by atoms with E-state index < -0.39 is 6.04 Å². The molecular formula is C28H25N3O4. The number of oxazole rings is 1. The second-order valence-corrected chi connectivity index (χ2v) is 8.56. The first-order valence-corrected chi connectivity index (χ1v) is 11.5. The third-order valence-corrected chi connectivity index (χ3v) is 6.26. The number of nitrogens with one attached hydrogen (secondary N) is 1. The molecule has 0 saturated carbocycles. The van der Waals surface area contributed by atoms with E-state index in [-0.39, 0.29) is 17.6 Å². The highest BCUT2D eigenvalue weighted by atomic mass is 16.3. The fraction of sp³-hybridized carbons (Fsp3) is 0.179. The van der Waals surface area contributed by atoms with E-state index in [1.54, 1.807) is 29.3 Å². The Bertz CT molecular complexity index is 1320. The molecule has 1 aliphatic heterocycles. The lowest BCUT2D eigenvalue weighted by Crippen LogP contribution is -2.45. The average molecular weight is 468 g/mol. The van der Waals surface area contributed by atoms with Crippen molar-refractivity contribution in [1.29, 1.82) is 0 Å². The molecule has 1 aromatic heterocycles. The van der Waals surface area contributed by atoms with Gasteiger partial charge in [-0.15, -0.1) is 0 Å². The van der Waals surface area contributed by atoms with Gasteiger partial charge < -0.3 is 19.7 Å². The van der Waals surface area contributed by atoms with Crippen molar-refractivity contribution >= 4 is 11.8 Å². The van der Waals surface area contributed by atoms with E-state index in [0.717, 1.165) is 28.7 Å². The molecule has 1 aliphatic rings. The second kappa shape index (κ2) is 9.85. The van der Waals surface area contributed by atoms with Crippen molar-refractivity contribution in [2.75, 3.05) is 6.54 Å². The number of aromatic nitrogens is 1. The number of aromatic hydroxyl groups is 1. The van der Waals surface area contributed by atoms with Gasteiger partial charge in [-0.2, -0.15) is 0 Å². The number of benzene rings is 3. The van der Waals surface area contributed by atoms with Gasteiger partial charge in [-0.1, -0.05) is 48.5 Å². The van der Waals surface area contributed by atoms with Gasteiger partial charge in [0.1, 0.15) is 11.8 Å². The van der Waals surface area contributed by atoms with E-state index in [0.29, 0.717) is 30.8 Å². The van der Waals surface area contributed by atoms with Crippen LogP contribution in [0.25, 0.3) is 22.5 Å². The summed E-state index contributed by atoms with van der Waals surface area (Å²) < 4.78 is 5.30. The SMILES string of the molecule is O=C(NCc1ccc(-c2cnco2)cc1)[C@@H]1CCCN1C(=O)c1cccc(-c2ccc(O)cc2)c1. The van der Waals surface area contributed by atoms with Crippen molar-refractivity contribution in [3.05, 3.63) is 96.5 Å². The molecule has 7 heteroatoms. The van der Waals surface area contributed by atoms with Crippen molar-refractivity contribution in [2.45, 2.75) is 25.4 Å². The molecule has 5 rings (SSSR count). The van der Waals surface area contributed by atoms with Gasteiger partial charge in [0.05, 0.1) is 6.20 Å². The Morgan fingerprint density at radius 3 is 2.51 bits per heavy atom. The quantitative estimate of drug-likeness (QED) is 0.431. The Balaban J connectivity index is 1.24. The lowest BCUT2D eigenvalue weighted by atomic mass is 10.0. The Kier molecular flexibility index (Phi) is 6.30. The first kappa shape index (κ1) is 22.4. The lowest BCUT2D eigenvalue weighted by Gasteiger charge is -2.24. The highest BCUT2D eigenvalue weighted by Gasteiger charge is 2.34. The van der Waals surface area contributed by atoms with Gasteiger partial charge in [0.25, 0.3) is 5.91 Å². The van der Waals surface area contributed by atoms with Crippen LogP contribution in [0.5, 0.6) is 5.75 Å². The van der Waals surface area contributed by atoms with Gasteiger partial charge in [0.15, 0.2) is 12.2 Å². The van der Waals surface area contributed by atoms with Crippen molar-refractivity contribution in [2.24, 2.45) is 0 Å². The summed E-state index contributed by atoms with van der Waals surface area (Å²) in [5.74, 6) is 0.581. The predicted molar refractivity (Wildman–Crippen MR) is 131 cm³/mol. The monoisotopic (exact) mass is 467 g/mol. The third kappa shape index (κ3) is 4.94. The molecule has 7 nitrogen and oxygen atoms in total. The molecule has 0 bridgehead atoms. The van der Waals surface area contributed by atoms with Crippen LogP contribution >= 0.6 is 0 Å². The van der Waals surface area contributed by atoms with Crippen LogP contribution in [0, 0.1) is 0 Å². The maximum Gasteiger partial charge on any atom is 0.254 e. The van der Waals surface area contributed by atoms with Crippen LogP contribution in [0.3, 0.4) is 0 Å². The molecule has 2 amide bonds. The zero-order valence-electron chi connectivity index (χ0n) is 19.1. The average Bonchev–Trinajstić information content (AvgIpc) is 3.61. The molecule has 1 fully saturated rings. The number of amides is 2. The first-order chi connectivity index (χ1) is 17.1. The molecule has 2 heterocycles. The van der Waals surface area contributed by atoms with Crippen LogP contribution in [0.1, 0.15) is 28.8 Å². The molecule has 0 spiro atoms. The molecular weight excluding hydrogens is 442 g/mol. The van der Waals surface area contributed by atoms with Gasteiger partial charge in [0, 0.05) is 24.2 Å². The number of hydrogen-bond acceptors (Lipinski definition) is 5. The predicted octanol–water partition coefficient (Wildman–Crippen LogP) is 4.64. The Morgan fingerprint density at radius 1 is 1.00 bits per heavy atom. The third-order valence-electron chi connectivity index (χ3n) is 6.26. The van der Waals surface area contributed by atoms with Gasteiger partial charge in [-0.25, -0.2) is 4.98 Å². The molecule has 3 aromatic carbocycles. The summed E-state index contributed by atoms with van der Waals surface area (Å²) in [6.45, 7) is 0.927. The van der Waals surface area contributed by atoms with Crippen LogP contribution in [0.15, 0.2) is 89.8 Å². The van der Waals surface area contributed by atoms with Gasteiger partial charge >= 0.3 is 0 Å². The second-order valence-electron chi connectivity index (χ2n) is 8.56. The summed E-state index contributed by atoms with van der Waals surface area (Å²) in [5.41, 5.74) is 4.20.